The molecule has 0 radical (unpaired) electrons. The molecule has 3 N–H and O–H groups in total. The first-order chi connectivity index (χ1) is 15.3. The molecule has 0 unspecified atom stereocenters. The fourth-order valence-corrected chi connectivity index (χ4v) is 4.99. The molecule has 0 spiro atoms. The zero-order chi connectivity index (χ0) is 22.7. The van der Waals surface area contributed by atoms with Gasteiger partial charge in [0.1, 0.15) is 5.75 Å². The Balaban J connectivity index is 1.47. The van der Waals surface area contributed by atoms with E-state index in [1.54, 1.807) is 24.3 Å². The molecule has 0 saturated heterocycles. The van der Waals surface area contributed by atoms with Gasteiger partial charge in [0.2, 0.25) is 0 Å². The van der Waals surface area contributed by atoms with Crippen LogP contribution in [0.3, 0.4) is 0 Å². The SMILES string of the molecule is O=C(NCc1cc(C(F)(F)F)nn1SC1CCCCC1)Nc1cccc2ccc(O)cc12. The first kappa shape index (κ1) is 22.3. The third kappa shape index (κ3) is 5.29. The summed E-state index contributed by atoms with van der Waals surface area (Å²) in [5.41, 5.74) is -0.210. The topological polar surface area (TPSA) is 79.2 Å². The third-order valence-corrected chi connectivity index (χ3v) is 6.67. The normalized spacial score (nSPS) is 15.1. The first-order valence-corrected chi connectivity index (χ1v) is 11.2. The Bertz CT molecular complexity index is 1110. The van der Waals surface area contributed by atoms with Crippen LogP contribution in [0.2, 0.25) is 0 Å². The lowest BCUT2D eigenvalue weighted by Crippen LogP contribution is -2.29. The maximum atomic E-state index is 13.2. The van der Waals surface area contributed by atoms with E-state index in [9.17, 15) is 23.1 Å². The number of halogens is 3. The zero-order valence-electron chi connectivity index (χ0n) is 17.2. The van der Waals surface area contributed by atoms with E-state index in [4.69, 9.17) is 0 Å². The molecule has 1 aliphatic carbocycles. The van der Waals surface area contributed by atoms with Gasteiger partial charge in [0.05, 0.1) is 17.9 Å². The van der Waals surface area contributed by atoms with Gasteiger partial charge in [-0.1, -0.05) is 37.5 Å². The number of nitrogens with one attached hydrogen (secondary N) is 2. The van der Waals surface area contributed by atoms with E-state index < -0.39 is 17.9 Å². The van der Waals surface area contributed by atoms with Gasteiger partial charge in [-0.15, -0.1) is 0 Å². The monoisotopic (exact) mass is 464 g/mol. The maximum Gasteiger partial charge on any atom is 0.435 e. The van der Waals surface area contributed by atoms with Gasteiger partial charge >= 0.3 is 12.2 Å². The number of aromatic nitrogens is 2. The van der Waals surface area contributed by atoms with Gasteiger partial charge in [-0.25, -0.2) is 8.88 Å². The van der Waals surface area contributed by atoms with Crippen LogP contribution < -0.4 is 10.6 Å². The maximum absolute atomic E-state index is 13.2. The molecule has 1 saturated carbocycles. The van der Waals surface area contributed by atoms with Crippen molar-refractivity contribution >= 4 is 34.4 Å². The Hall–Kier alpha value is -2.88. The molecule has 1 fully saturated rings. The van der Waals surface area contributed by atoms with Gasteiger partial charge in [-0.3, -0.25) is 0 Å². The number of fused-ring (bicyclic) bond motifs is 1. The van der Waals surface area contributed by atoms with Gasteiger partial charge in [0.25, 0.3) is 0 Å². The van der Waals surface area contributed by atoms with E-state index in [0.717, 1.165) is 43.6 Å². The van der Waals surface area contributed by atoms with E-state index in [1.165, 1.54) is 22.1 Å². The third-order valence-electron chi connectivity index (χ3n) is 5.38. The van der Waals surface area contributed by atoms with Crippen LogP contribution in [0.25, 0.3) is 10.8 Å². The second kappa shape index (κ2) is 9.32. The van der Waals surface area contributed by atoms with E-state index in [0.29, 0.717) is 11.1 Å². The van der Waals surface area contributed by atoms with Crippen LogP contribution in [0.1, 0.15) is 43.5 Å². The fraction of sp³-hybridized carbons (Fsp3) is 0.364. The number of aromatic hydroxyl groups is 1. The Kier molecular flexibility index (Phi) is 6.50. The number of carbonyl (C=O) groups is 1. The number of hydrogen-bond acceptors (Lipinski definition) is 4. The van der Waals surface area contributed by atoms with E-state index in [2.05, 4.69) is 15.7 Å². The second-order valence-electron chi connectivity index (χ2n) is 7.78. The molecule has 0 bridgehead atoms. The van der Waals surface area contributed by atoms with Crippen LogP contribution in [0.4, 0.5) is 23.7 Å². The first-order valence-electron chi connectivity index (χ1n) is 10.4. The number of rotatable bonds is 5. The molecule has 32 heavy (non-hydrogen) atoms. The number of phenols is 1. The lowest BCUT2D eigenvalue weighted by molar-refractivity contribution is -0.141. The summed E-state index contributed by atoms with van der Waals surface area (Å²) in [6.45, 7) is -0.106. The quantitative estimate of drug-likeness (QED) is 0.439. The van der Waals surface area contributed by atoms with Crippen molar-refractivity contribution in [3.8, 4) is 5.75 Å². The number of amides is 2. The highest BCUT2D eigenvalue weighted by Gasteiger charge is 2.35. The van der Waals surface area contributed by atoms with Crippen molar-refractivity contribution in [3.63, 3.8) is 0 Å². The van der Waals surface area contributed by atoms with Crippen LogP contribution in [-0.4, -0.2) is 25.6 Å². The van der Waals surface area contributed by atoms with Crippen molar-refractivity contribution in [1.82, 2.24) is 14.5 Å². The van der Waals surface area contributed by atoms with Gasteiger partial charge < -0.3 is 15.7 Å². The minimum atomic E-state index is -4.56. The van der Waals surface area contributed by atoms with Crippen molar-refractivity contribution in [1.29, 1.82) is 0 Å². The van der Waals surface area contributed by atoms with Gasteiger partial charge in [-0.05, 0) is 54.4 Å². The lowest BCUT2D eigenvalue weighted by Gasteiger charge is -2.21. The standard InChI is InChI=1S/C22H23F3N4O2S/c23-22(24,25)20-11-15(29(28-20)32-17-6-2-1-3-7-17)13-26-21(31)27-19-8-4-5-14-9-10-16(30)12-18(14)19/h4-5,8-12,17,30H,1-3,6-7,13H2,(H2,26,27,31). The Morgan fingerprint density at radius 2 is 1.94 bits per heavy atom. The summed E-state index contributed by atoms with van der Waals surface area (Å²) < 4.78 is 41.0. The highest BCUT2D eigenvalue weighted by atomic mass is 32.2. The molecule has 4 rings (SSSR count). The van der Waals surface area contributed by atoms with Gasteiger partial charge in [0.15, 0.2) is 5.69 Å². The van der Waals surface area contributed by atoms with Crippen LogP contribution in [0, 0.1) is 0 Å². The molecule has 2 amide bonds. The molecule has 0 atom stereocenters. The van der Waals surface area contributed by atoms with Gasteiger partial charge in [0, 0.05) is 10.6 Å². The summed E-state index contributed by atoms with van der Waals surface area (Å²) in [6, 6.07) is 10.5. The summed E-state index contributed by atoms with van der Waals surface area (Å²) in [6.07, 6.45) is 0.578. The largest absolute Gasteiger partial charge is 0.508 e. The number of anilines is 1. The number of urea groups is 1. The highest BCUT2D eigenvalue weighted by molar-refractivity contribution is 7.98. The predicted molar refractivity (Wildman–Crippen MR) is 119 cm³/mol. The average molecular weight is 465 g/mol. The molecule has 0 aliphatic heterocycles. The molecule has 170 valence electrons. The summed E-state index contributed by atoms with van der Waals surface area (Å²) in [5.74, 6) is 0.0653. The minimum absolute atomic E-state index is 0.0653. The molecular weight excluding hydrogens is 441 g/mol. The zero-order valence-corrected chi connectivity index (χ0v) is 18.0. The van der Waals surface area contributed by atoms with Crippen LogP contribution in [-0.2, 0) is 12.7 Å². The number of phenolic OH excluding ortho intramolecular Hbond substituents is 1. The molecule has 6 nitrogen and oxygen atoms in total. The van der Waals surface area contributed by atoms with E-state index in [1.807, 2.05) is 6.07 Å². The molecular formula is C22H23F3N4O2S. The van der Waals surface area contributed by atoms with Crippen LogP contribution in [0.5, 0.6) is 5.75 Å². The van der Waals surface area contributed by atoms with Crippen LogP contribution >= 0.6 is 11.9 Å². The van der Waals surface area contributed by atoms with E-state index in [-0.39, 0.29) is 23.2 Å². The molecule has 2 aromatic carbocycles. The van der Waals surface area contributed by atoms with Crippen molar-refractivity contribution in [2.45, 2.75) is 50.1 Å². The fourth-order valence-electron chi connectivity index (χ4n) is 3.77. The number of benzene rings is 2. The number of nitrogens with zero attached hydrogens (tertiary/aromatic N) is 2. The van der Waals surface area contributed by atoms with E-state index >= 15 is 0 Å². The summed E-state index contributed by atoms with van der Waals surface area (Å²) in [7, 11) is 0. The number of carbonyl (C=O) groups excluding carboxylic acids is 1. The van der Waals surface area contributed by atoms with Gasteiger partial charge in [-0.2, -0.15) is 18.3 Å². The summed E-state index contributed by atoms with van der Waals surface area (Å²) in [5, 5.41) is 20.5. The smallest absolute Gasteiger partial charge is 0.435 e. The lowest BCUT2D eigenvalue weighted by atomic mass is 10.0. The van der Waals surface area contributed by atoms with Crippen molar-refractivity contribution in [2.75, 3.05) is 5.32 Å². The highest BCUT2D eigenvalue weighted by Crippen LogP contribution is 2.34. The predicted octanol–water partition coefficient (Wildman–Crippen LogP) is 5.91. The molecule has 10 heteroatoms. The second-order valence-corrected chi connectivity index (χ2v) is 9.00. The Labute approximate surface area is 187 Å². The Morgan fingerprint density at radius 3 is 2.69 bits per heavy atom. The molecule has 1 heterocycles. The summed E-state index contributed by atoms with van der Waals surface area (Å²) in [4.78, 5) is 12.5. The summed E-state index contributed by atoms with van der Waals surface area (Å²) >= 11 is 1.29. The molecule has 1 aliphatic rings. The van der Waals surface area contributed by atoms with Crippen molar-refractivity contribution < 1.29 is 23.1 Å². The number of hydrogen-bond donors (Lipinski definition) is 3. The van der Waals surface area contributed by atoms with Crippen molar-refractivity contribution in [2.24, 2.45) is 0 Å². The molecule has 3 aromatic rings. The Morgan fingerprint density at radius 1 is 1.16 bits per heavy atom. The number of alkyl halides is 3. The molecule has 1 aromatic heterocycles. The van der Waals surface area contributed by atoms with Crippen molar-refractivity contribution in [3.05, 3.63) is 53.9 Å². The minimum Gasteiger partial charge on any atom is -0.508 e. The van der Waals surface area contributed by atoms with Crippen LogP contribution in [0.15, 0.2) is 42.5 Å². The average Bonchev–Trinajstić information content (AvgIpc) is 3.17.